The van der Waals surface area contributed by atoms with Crippen LogP contribution in [0.2, 0.25) is 0 Å². The summed E-state index contributed by atoms with van der Waals surface area (Å²) in [5.41, 5.74) is -2.47. The maximum atomic E-state index is 13.6. The van der Waals surface area contributed by atoms with Crippen molar-refractivity contribution in [1.82, 2.24) is 9.80 Å². The lowest BCUT2D eigenvalue weighted by Gasteiger charge is -2.48. The molecule has 0 aromatic rings. The van der Waals surface area contributed by atoms with E-state index in [9.17, 15) is 20.1 Å². The number of aliphatic hydroxyl groups excluding tert-OH is 2. The van der Waals surface area contributed by atoms with Gasteiger partial charge in [-0.2, -0.15) is 0 Å². The Kier molecular flexibility index (Phi) is 13.5. The van der Waals surface area contributed by atoms with Crippen LogP contribution in [0.15, 0.2) is 12.2 Å². The first-order valence-electron chi connectivity index (χ1n) is 16.8. The van der Waals surface area contributed by atoms with E-state index >= 15 is 0 Å². The van der Waals surface area contributed by atoms with E-state index in [4.69, 9.17) is 23.7 Å². The number of rotatable bonds is 4. The third-order valence-electron chi connectivity index (χ3n) is 10.5. The predicted molar refractivity (Wildman–Crippen MR) is 172 cm³/mol. The molecule has 45 heavy (non-hydrogen) atoms. The van der Waals surface area contributed by atoms with Crippen molar-refractivity contribution in [2.45, 2.75) is 141 Å². The van der Waals surface area contributed by atoms with Gasteiger partial charge in [-0.3, -0.25) is 4.79 Å². The van der Waals surface area contributed by atoms with Crippen molar-refractivity contribution >= 4 is 5.97 Å². The fourth-order valence-corrected chi connectivity index (χ4v) is 7.68. The van der Waals surface area contributed by atoms with E-state index < -0.39 is 65.8 Å². The Labute approximate surface area is 271 Å². The second kappa shape index (κ2) is 15.8. The molecule has 0 aliphatic carbocycles. The highest BCUT2D eigenvalue weighted by Crippen LogP contribution is 2.39. The molecular formula is C34H62N2O9. The molecular weight excluding hydrogens is 580 g/mol. The summed E-state index contributed by atoms with van der Waals surface area (Å²) in [4.78, 5) is 17.8. The number of carbonyl (C=O) groups is 1. The van der Waals surface area contributed by atoms with Crippen LogP contribution in [0.3, 0.4) is 0 Å². The van der Waals surface area contributed by atoms with Gasteiger partial charge in [0.25, 0.3) is 0 Å². The van der Waals surface area contributed by atoms with Crippen molar-refractivity contribution in [2.24, 2.45) is 17.8 Å². The lowest BCUT2D eigenvalue weighted by molar-refractivity contribution is -0.303. The van der Waals surface area contributed by atoms with Gasteiger partial charge >= 0.3 is 5.97 Å². The molecule has 0 amide bonds. The van der Waals surface area contributed by atoms with E-state index in [2.05, 4.69) is 11.8 Å². The zero-order chi connectivity index (χ0) is 33.9. The van der Waals surface area contributed by atoms with Gasteiger partial charge in [0.05, 0.1) is 43.0 Å². The van der Waals surface area contributed by atoms with Gasteiger partial charge in [0.15, 0.2) is 6.29 Å². The summed E-state index contributed by atoms with van der Waals surface area (Å²) in [6.07, 6.45) is -0.288. The Morgan fingerprint density at radius 1 is 1.07 bits per heavy atom. The summed E-state index contributed by atoms with van der Waals surface area (Å²) in [5.74, 6) is -2.11. The van der Waals surface area contributed by atoms with Gasteiger partial charge in [-0.25, -0.2) is 0 Å². The Balaban J connectivity index is 2.16. The fourth-order valence-electron chi connectivity index (χ4n) is 7.68. The minimum absolute atomic E-state index is 0.0845. The Bertz CT molecular complexity index is 979. The van der Waals surface area contributed by atoms with Gasteiger partial charge in [0.2, 0.25) is 0 Å². The Morgan fingerprint density at radius 2 is 1.71 bits per heavy atom. The highest BCUT2D eigenvalue weighted by atomic mass is 16.7. The summed E-state index contributed by atoms with van der Waals surface area (Å²) in [6, 6.07) is -0.418. The van der Waals surface area contributed by atoms with E-state index in [1.54, 1.807) is 13.8 Å². The van der Waals surface area contributed by atoms with E-state index in [1.807, 2.05) is 72.8 Å². The van der Waals surface area contributed by atoms with Crippen molar-refractivity contribution < 1.29 is 43.8 Å². The van der Waals surface area contributed by atoms with Crippen LogP contribution in [0.5, 0.6) is 0 Å². The molecule has 0 radical (unpaired) electrons. The molecule has 2 saturated heterocycles. The molecule has 11 nitrogen and oxygen atoms in total. The molecule has 3 aliphatic heterocycles. The zero-order valence-electron chi connectivity index (χ0n) is 29.5. The van der Waals surface area contributed by atoms with E-state index in [0.29, 0.717) is 25.8 Å². The van der Waals surface area contributed by atoms with Gasteiger partial charge < -0.3 is 48.8 Å². The summed E-state index contributed by atoms with van der Waals surface area (Å²) in [5, 5.41) is 35.2. The molecule has 0 aromatic carbocycles. The molecule has 0 spiro atoms. The summed E-state index contributed by atoms with van der Waals surface area (Å²) >= 11 is 0. The standard InChI is InChI=1S/C34H62N2O9/c1-12-26-34(8,40)30-24(6)36(11)19-20(2)18-33(7,42-16-14-13-15-41-30)29(22(4)27(37)23(5)31(39)44-26)45-32-28(38)25(35(9)10)17-21(3)43-32/h13-14,20-30,32,37-38,40H,12,15-19H2,1-11H3/b14-13-/t20-,21-,22+,23?,24-,25+,26-,27?,28-,29-,30-,32+,33-,34-/m1/s1. The van der Waals surface area contributed by atoms with Crippen molar-refractivity contribution in [3.63, 3.8) is 0 Å². The molecule has 262 valence electrons. The second-order valence-corrected chi connectivity index (χ2v) is 14.7. The van der Waals surface area contributed by atoms with Crippen molar-refractivity contribution in [1.29, 1.82) is 0 Å². The van der Waals surface area contributed by atoms with Crippen LogP contribution in [-0.4, -0.2) is 138 Å². The lowest BCUT2D eigenvalue weighted by atomic mass is 9.77. The van der Waals surface area contributed by atoms with Crippen LogP contribution in [0.4, 0.5) is 0 Å². The van der Waals surface area contributed by atoms with Crippen LogP contribution in [0, 0.1) is 17.8 Å². The van der Waals surface area contributed by atoms with Gasteiger partial charge in [-0.05, 0) is 80.9 Å². The van der Waals surface area contributed by atoms with Crippen molar-refractivity contribution in [3.8, 4) is 0 Å². The van der Waals surface area contributed by atoms with Gasteiger partial charge in [0, 0.05) is 24.5 Å². The molecule has 3 heterocycles. The average molecular weight is 643 g/mol. The number of hydrogen-bond donors (Lipinski definition) is 3. The van der Waals surface area contributed by atoms with Crippen LogP contribution >= 0.6 is 0 Å². The van der Waals surface area contributed by atoms with Gasteiger partial charge in [-0.15, -0.1) is 0 Å². The van der Waals surface area contributed by atoms with Crippen molar-refractivity contribution in [2.75, 3.05) is 40.9 Å². The molecule has 14 atom stereocenters. The van der Waals surface area contributed by atoms with E-state index in [0.717, 1.165) is 0 Å². The third kappa shape index (κ3) is 8.86. The van der Waals surface area contributed by atoms with E-state index in [1.165, 1.54) is 0 Å². The molecule has 2 bridgehead atoms. The highest BCUT2D eigenvalue weighted by Gasteiger charge is 2.51. The first-order valence-corrected chi connectivity index (χ1v) is 16.8. The van der Waals surface area contributed by atoms with Crippen LogP contribution in [0.1, 0.15) is 74.7 Å². The molecule has 2 unspecified atom stereocenters. The zero-order valence-corrected chi connectivity index (χ0v) is 29.5. The normalized spacial score (nSPS) is 47.5. The predicted octanol–water partition coefficient (Wildman–Crippen LogP) is 2.59. The van der Waals surface area contributed by atoms with Crippen LogP contribution in [-0.2, 0) is 28.5 Å². The topological polar surface area (TPSA) is 130 Å². The summed E-state index contributed by atoms with van der Waals surface area (Å²) < 4.78 is 31.9. The number of nitrogens with zero attached hydrogens (tertiary/aromatic N) is 2. The van der Waals surface area contributed by atoms with Crippen LogP contribution < -0.4 is 0 Å². The number of ether oxygens (including phenoxy) is 5. The Hall–Kier alpha value is -1.15. The molecule has 3 rings (SSSR count). The monoisotopic (exact) mass is 642 g/mol. The van der Waals surface area contributed by atoms with Gasteiger partial charge in [-0.1, -0.05) is 32.9 Å². The van der Waals surface area contributed by atoms with E-state index in [-0.39, 0.29) is 37.3 Å². The number of hydrogen-bond acceptors (Lipinski definition) is 11. The maximum absolute atomic E-state index is 13.6. The molecule has 0 saturated carbocycles. The number of aliphatic hydroxyl groups is 3. The highest BCUT2D eigenvalue weighted by molar-refractivity contribution is 5.73. The number of likely N-dealkylation sites (N-methyl/N-ethyl adjacent to an activating group) is 2. The summed E-state index contributed by atoms with van der Waals surface area (Å²) in [7, 11) is 5.85. The average Bonchev–Trinajstić information content (AvgIpc) is 2.97. The third-order valence-corrected chi connectivity index (χ3v) is 10.5. The SMILES string of the molecule is CC[C@H]1OC(=O)C(C)C(O)[C@H](C)[C@@H](O[C@@H]2O[C@H](C)C[C@H](N(C)C)[C@H]2O)[C@@]2(C)C[C@@H](C)CN(C)[C@H](C)[C@@H](OC/C=C\CO2)[C@]1(C)O. The number of cyclic esters (lactones) is 1. The molecule has 3 N–H and O–H groups in total. The smallest absolute Gasteiger partial charge is 0.311 e. The molecule has 3 aliphatic rings. The quantitative estimate of drug-likeness (QED) is 0.309. The largest absolute Gasteiger partial charge is 0.459 e. The Morgan fingerprint density at radius 3 is 2.33 bits per heavy atom. The molecule has 0 aromatic heterocycles. The van der Waals surface area contributed by atoms with Gasteiger partial charge in [0.1, 0.15) is 23.9 Å². The second-order valence-electron chi connectivity index (χ2n) is 14.7. The van der Waals surface area contributed by atoms with Crippen molar-refractivity contribution in [3.05, 3.63) is 12.2 Å². The van der Waals surface area contributed by atoms with Crippen LogP contribution in [0.25, 0.3) is 0 Å². The fraction of sp³-hybridized carbons (Fsp3) is 0.912. The number of carbonyl (C=O) groups excluding carboxylic acids is 1. The molecule has 2 fully saturated rings. The maximum Gasteiger partial charge on any atom is 0.311 e. The minimum atomic E-state index is -1.52. The molecule has 11 heteroatoms. The first-order chi connectivity index (χ1) is 20.9. The number of esters is 1. The lowest BCUT2D eigenvalue weighted by Crippen LogP contribution is -2.60. The summed E-state index contributed by atoms with van der Waals surface area (Å²) in [6.45, 7) is 16.2. The number of fused-ring (bicyclic) bond motifs is 6. The minimum Gasteiger partial charge on any atom is -0.459 e. The first kappa shape index (κ1) is 38.3.